The summed E-state index contributed by atoms with van der Waals surface area (Å²) >= 11 is 3.23. The molecule has 1 heterocycles. The van der Waals surface area contributed by atoms with Crippen LogP contribution in [0.1, 0.15) is 22.8 Å². The van der Waals surface area contributed by atoms with Crippen molar-refractivity contribution in [3.8, 4) is 0 Å². The van der Waals surface area contributed by atoms with Crippen LogP contribution in [0.3, 0.4) is 0 Å². The summed E-state index contributed by atoms with van der Waals surface area (Å²) in [6.45, 7) is 2.99. The highest BCUT2D eigenvalue weighted by Crippen LogP contribution is 2.20. The Bertz CT molecular complexity index is 604. The van der Waals surface area contributed by atoms with E-state index in [1.165, 1.54) is 18.2 Å². The van der Waals surface area contributed by atoms with Crippen LogP contribution in [-0.4, -0.2) is 22.3 Å². The van der Waals surface area contributed by atoms with E-state index in [-0.39, 0.29) is 11.7 Å². The summed E-state index contributed by atoms with van der Waals surface area (Å²) in [7, 11) is 0. The number of carbonyl (C=O) groups excluding carboxylic acids is 1. The van der Waals surface area contributed by atoms with Crippen molar-refractivity contribution in [2.75, 3.05) is 6.54 Å². The van der Waals surface area contributed by atoms with Gasteiger partial charge in [0.05, 0.1) is 5.56 Å². The molecule has 0 saturated carbocycles. The lowest BCUT2D eigenvalue weighted by Gasteiger charge is -2.21. The van der Waals surface area contributed by atoms with Gasteiger partial charge >= 0.3 is 0 Å². The van der Waals surface area contributed by atoms with E-state index < -0.39 is 0 Å². The number of pyridine rings is 1. The first kappa shape index (κ1) is 14.7. The third-order valence-corrected chi connectivity index (χ3v) is 3.61. The standard InChI is InChI=1S/C15H14BrFN2O/c1-2-19(10-11-5-7-18-8-6-11)15(20)13-4-3-12(17)9-14(13)16/h3-9H,2,10H2,1H3. The topological polar surface area (TPSA) is 33.2 Å². The molecule has 0 atom stereocenters. The van der Waals surface area contributed by atoms with Crippen LogP contribution in [0.25, 0.3) is 0 Å². The zero-order valence-corrected chi connectivity index (χ0v) is 12.6. The molecule has 2 rings (SSSR count). The minimum absolute atomic E-state index is 0.129. The van der Waals surface area contributed by atoms with Crippen molar-refractivity contribution < 1.29 is 9.18 Å². The number of rotatable bonds is 4. The van der Waals surface area contributed by atoms with Crippen LogP contribution in [0.2, 0.25) is 0 Å². The highest BCUT2D eigenvalue weighted by molar-refractivity contribution is 9.10. The van der Waals surface area contributed by atoms with Crippen molar-refractivity contribution in [1.82, 2.24) is 9.88 Å². The summed E-state index contributed by atoms with van der Waals surface area (Å²) in [5.41, 5.74) is 1.47. The third-order valence-electron chi connectivity index (χ3n) is 2.95. The van der Waals surface area contributed by atoms with Crippen LogP contribution in [0.15, 0.2) is 47.2 Å². The minimum atomic E-state index is -0.370. The second-order valence-electron chi connectivity index (χ2n) is 4.30. The molecular weight excluding hydrogens is 323 g/mol. The van der Waals surface area contributed by atoms with Gasteiger partial charge in [0, 0.05) is 30.0 Å². The van der Waals surface area contributed by atoms with E-state index in [0.29, 0.717) is 23.1 Å². The monoisotopic (exact) mass is 336 g/mol. The molecule has 1 amide bonds. The van der Waals surface area contributed by atoms with Crippen LogP contribution in [0.4, 0.5) is 4.39 Å². The zero-order chi connectivity index (χ0) is 14.5. The summed E-state index contributed by atoms with van der Waals surface area (Å²) in [6, 6.07) is 7.83. The summed E-state index contributed by atoms with van der Waals surface area (Å²) in [4.78, 5) is 18.1. The lowest BCUT2D eigenvalue weighted by molar-refractivity contribution is 0.0751. The molecule has 0 N–H and O–H groups in total. The van der Waals surface area contributed by atoms with Gasteiger partial charge in [-0.15, -0.1) is 0 Å². The van der Waals surface area contributed by atoms with E-state index in [4.69, 9.17) is 0 Å². The Morgan fingerprint density at radius 1 is 1.30 bits per heavy atom. The molecule has 1 aromatic heterocycles. The number of hydrogen-bond donors (Lipinski definition) is 0. The van der Waals surface area contributed by atoms with E-state index in [0.717, 1.165) is 5.56 Å². The van der Waals surface area contributed by atoms with Crippen molar-refractivity contribution in [2.45, 2.75) is 13.5 Å². The molecule has 0 fully saturated rings. The van der Waals surface area contributed by atoms with Gasteiger partial charge in [-0.25, -0.2) is 4.39 Å². The number of hydrogen-bond acceptors (Lipinski definition) is 2. The van der Waals surface area contributed by atoms with Crippen LogP contribution in [-0.2, 0) is 6.54 Å². The average Bonchev–Trinajstić information content (AvgIpc) is 2.45. The largest absolute Gasteiger partial charge is 0.335 e. The molecule has 0 aliphatic rings. The lowest BCUT2D eigenvalue weighted by Crippen LogP contribution is -2.30. The van der Waals surface area contributed by atoms with Crippen molar-refractivity contribution in [3.63, 3.8) is 0 Å². The second-order valence-corrected chi connectivity index (χ2v) is 5.15. The SMILES string of the molecule is CCN(Cc1ccncc1)C(=O)c1ccc(F)cc1Br. The van der Waals surface area contributed by atoms with Gasteiger partial charge in [-0.1, -0.05) is 0 Å². The molecule has 2 aromatic rings. The van der Waals surface area contributed by atoms with Crippen molar-refractivity contribution in [3.05, 3.63) is 64.1 Å². The predicted octanol–water partition coefficient (Wildman–Crippen LogP) is 3.65. The summed E-state index contributed by atoms with van der Waals surface area (Å²) in [5, 5.41) is 0. The van der Waals surface area contributed by atoms with Crippen molar-refractivity contribution in [2.24, 2.45) is 0 Å². The zero-order valence-electron chi connectivity index (χ0n) is 11.0. The number of nitrogens with zero attached hydrogens (tertiary/aromatic N) is 2. The van der Waals surface area contributed by atoms with E-state index in [2.05, 4.69) is 20.9 Å². The molecule has 0 saturated heterocycles. The molecule has 0 unspecified atom stereocenters. The van der Waals surface area contributed by atoms with Crippen LogP contribution in [0, 0.1) is 5.82 Å². The van der Waals surface area contributed by atoms with Gasteiger partial charge in [0.1, 0.15) is 5.82 Å². The Kier molecular flexibility index (Phi) is 4.84. The van der Waals surface area contributed by atoms with Gasteiger partial charge in [0.15, 0.2) is 0 Å². The fourth-order valence-electron chi connectivity index (χ4n) is 1.87. The average molecular weight is 337 g/mol. The molecule has 0 spiro atoms. The van der Waals surface area contributed by atoms with E-state index in [9.17, 15) is 9.18 Å². The van der Waals surface area contributed by atoms with Gasteiger partial charge in [-0.2, -0.15) is 0 Å². The second kappa shape index (κ2) is 6.61. The summed E-state index contributed by atoms with van der Waals surface area (Å²) < 4.78 is 13.5. The normalized spacial score (nSPS) is 10.3. The predicted molar refractivity (Wildman–Crippen MR) is 78.8 cm³/mol. The molecule has 0 aliphatic carbocycles. The Morgan fingerprint density at radius 2 is 2.00 bits per heavy atom. The quantitative estimate of drug-likeness (QED) is 0.853. The van der Waals surface area contributed by atoms with Crippen LogP contribution >= 0.6 is 15.9 Å². The molecular formula is C15H14BrFN2O. The summed E-state index contributed by atoms with van der Waals surface area (Å²) in [5.74, 6) is -0.498. The summed E-state index contributed by atoms with van der Waals surface area (Å²) in [6.07, 6.45) is 3.39. The van der Waals surface area contributed by atoms with E-state index in [1.54, 1.807) is 17.3 Å². The van der Waals surface area contributed by atoms with Crippen LogP contribution in [0.5, 0.6) is 0 Å². The Labute approximate surface area is 125 Å². The first-order chi connectivity index (χ1) is 9.61. The molecule has 1 aromatic carbocycles. The minimum Gasteiger partial charge on any atom is -0.335 e. The molecule has 0 aliphatic heterocycles. The fraction of sp³-hybridized carbons (Fsp3) is 0.200. The number of benzene rings is 1. The number of amides is 1. The molecule has 20 heavy (non-hydrogen) atoms. The fourth-order valence-corrected chi connectivity index (χ4v) is 2.39. The first-order valence-electron chi connectivity index (χ1n) is 6.25. The maximum absolute atomic E-state index is 13.1. The van der Waals surface area contributed by atoms with E-state index >= 15 is 0 Å². The highest BCUT2D eigenvalue weighted by atomic mass is 79.9. The van der Waals surface area contributed by atoms with Gasteiger partial charge < -0.3 is 4.90 Å². The Balaban J connectivity index is 2.21. The van der Waals surface area contributed by atoms with Crippen molar-refractivity contribution in [1.29, 1.82) is 0 Å². The Hall–Kier alpha value is -1.75. The number of carbonyl (C=O) groups is 1. The van der Waals surface area contributed by atoms with Gasteiger partial charge in [0.2, 0.25) is 0 Å². The van der Waals surface area contributed by atoms with Crippen LogP contribution < -0.4 is 0 Å². The molecule has 0 bridgehead atoms. The molecule has 5 heteroatoms. The molecule has 104 valence electrons. The van der Waals surface area contributed by atoms with E-state index in [1.807, 2.05) is 19.1 Å². The van der Waals surface area contributed by atoms with Gasteiger partial charge in [0.25, 0.3) is 5.91 Å². The number of aromatic nitrogens is 1. The van der Waals surface area contributed by atoms with Crippen molar-refractivity contribution >= 4 is 21.8 Å². The maximum atomic E-state index is 13.1. The lowest BCUT2D eigenvalue weighted by atomic mass is 10.1. The maximum Gasteiger partial charge on any atom is 0.255 e. The van der Waals surface area contributed by atoms with Gasteiger partial charge in [-0.05, 0) is 58.7 Å². The number of halogens is 2. The molecule has 0 radical (unpaired) electrons. The molecule has 3 nitrogen and oxygen atoms in total. The highest BCUT2D eigenvalue weighted by Gasteiger charge is 2.17. The van der Waals surface area contributed by atoms with Gasteiger partial charge in [-0.3, -0.25) is 9.78 Å². The Morgan fingerprint density at radius 3 is 2.60 bits per heavy atom. The smallest absolute Gasteiger partial charge is 0.255 e. The third kappa shape index (κ3) is 3.42. The first-order valence-corrected chi connectivity index (χ1v) is 7.04.